The zero-order valence-electron chi connectivity index (χ0n) is 15.3. The van der Waals surface area contributed by atoms with E-state index < -0.39 is 0 Å². The maximum atomic E-state index is 5.22. The van der Waals surface area contributed by atoms with Crippen LogP contribution < -0.4 is 9.47 Å². The number of nitrogens with zero attached hydrogens (tertiary/aromatic N) is 2. The number of rotatable bonds is 4. The minimum absolute atomic E-state index is 0.642. The summed E-state index contributed by atoms with van der Waals surface area (Å²) in [5, 5.41) is 2.31. The minimum Gasteiger partial charge on any atom is -0.481 e. The monoisotopic (exact) mass is 404 g/mol. The van der Waals surface area contributed by atoms with Crippen LogP contribution in [0.1, 0.15) is 0 Å². The molecule has 0 spiro atoms. The third kappa shape index (κ3) is 3.00. The van der Waals surface area contributed by atoms with Gasteiger partial charge in [-0.25, -0.2) is 9.97 Å². The Bertz CT molecular complexity index is 1190. The quantitative estimate of drug-likeness (QED) is 0.355. The third-order valence-electron chi connectivity index (χ3n) is 4.63. The molecule has 0 aliphatic carbocycles. The summed E-state index contributed by atoms with van der Waals surface area (Å²) in [7, 11) is 3.28. The summed E-state index contributed by atoms with van der Waals surface area (Å²) in [4.78, 5) is 11.0. The van der Waals surface area contributed by atoms with E-state index in [0.29, 0.717) is 11.8 Å². The van der Waals surface area contributed by atoms with E-state index in [-0.39, 0.29) is 0 Å². The molecular weight excluding hydrogens is 388 g/mol. The van der Waals surface area contributed by atoms with Gasteiger partial charge in [0.1, 0.15) is 0 Å². The maximum absolute atomic E-state index is 5.22. The summed E-state index contributed by atoms with van der Waals surface area (Å²) in [6.45, 7) is 0. The van der Waals surface area contributed by atoms with E-state index in [4.69, 9.17) is 9.47 Å². The number of ether oxygens (including phenoxy) is 2. The van der Waals surface area contributed by atoms with E-state index in [0.717, 1.165) is 20.2 Å². The molecular formula is C22H16N2O2S2. The molecule has 0 unspecified atom stereocenters. The lowest BCUT2D eigenvalue weighted by Gasteiger charge is -2.00. The standard InChI is InChI=1S/C22H16N2O2S2/c1-25-21-9-15-7-17(27-19(15)11-23-21)13-3-5-14(6-4-13)18-8-16-10-22(26-2)24-12-20(16)28-18/h3-12H,1-2H3. The van der Waals surface area contributed by atoms with Crippen LogP contribution in [0, 0.1) is 0 Å². The molecule has 0 aliphatic rings. The zero-order chi connectivity index (χ0) is 19.1. The number of methoxy groups -OCH3 is 2. The van der Waals surface area contributed by atoms with Crippen LogP contribution in [-0.2, 0) is 0 Å². The first-order valence-electron chi connectivity index (χ1n) is 8.71. The molecule has 6 heteroatoms. The topological polar surface area (TPSA) is 44.2 Å². The van der Waals surface area contributed by atoms with Crippen molar-refractivity contribution in [2.24, 2.45) is 0 Å². The highest BCUT2D eigenvalue weighted by atomic mass is 32.1. The summed E-state index contributed by atoms with van der Waals surface area (Å²) < 4.78 is 12.8. The van der Waals surface area contributed by atoms with Crippen LogP contribution in [0.3, 0.4) is 0 Å². The van der Waals surface area contributed by atoms with Crippen molar-refractivity contribution < 1.29 is 9.47 Å². The van der Waals surface area contributed by atoms with Gasteiger partial charge in [-0.15, -0.1) is 22.7 Å². The van der Waals surface area contributed by atoms with E-state index in [1.54, 1.807) is 36.9 Å². The Morgan fingerprint density at radius 2 is 1.07 bits per heavy atom. The second-order valence-corrected chi connectivity index (χ2v) is 8.50. The molecule has 0 saturated heterocycles. The van der Waals surface area contributed by atoms with Crippen molar-refractivity contribution in [3.8, 4) is 32.6 Å². The number of pyridine rings is 2. The molecule has 0 bridgehead atoms. The van der Waals surface area contributed by atoms with Crippen LogP contribution in [0.5, 0.6) is 11.8 Å². The second kappa shape index (κ2) is 6.89. The van der Waals surface area contributed by atoms with Crippen molar-refractivity contribution in [3.63, 3.8) is 0 Å². The summed E-state index contributed by atoms with van der Waals surface area (Å²) >= 11 is 3.48. The van der Waals surface area contributed by atoms with Gasteiger partial charge in [0, 0.05) is 34.3 Å². The van der Waals surface area contributed by atoms with Gasteiger partial charge >= 0.3 is 0 Å². The van der Waals surface area contributed by atoms with Crippen LogP contribution >= 0.6 is 22.7 Å². The fourth-order valence-electron chi connectivity index (χ4n) is 3.16. The van der Waals surface area contributed by atoms with Crippen LogP contribution in [0.15, 0.2) is 60.9 Å². The van der Waals surface area contributed by atoms with E-state index in [2.05, 4.69) is 46.4 Å². The maximum Gasteiger partial charge on any atom is 0.213 e. The number of hydrogen-bond acceptors (Lipinski definition) is 6. The summed E-state index contributed by atoms with van der Waals surface area (Å²) in [6, 6.07) is 17.0. The molecule has 0 aliphatic heterocycles. The Morgan fingerprint density at radius 3 is 1.46 bits per heavy atom. The highest BCUT2D eigenvalue weighted by molar-refractivity contribution is 7.22. The van der Waals surface area contributed by atoms with Gasteiger partial charge in [0.15, 0.2) is 0 Å². The first kappa shape index (κ1) is 17.2. The molecule has 5 aromatic rings. The lowest BCUT2D eigenvalue weighted by Crippen LogP contribution is -1.84. The van der Waals surface area contributed by atoms with Gasteiger partial charge in [0.25, 0.3) is 0 Å². The molecule has 138 valence electrons. The van der Waals surface area contributed by atoms with Gasteiger partial charge in [-0.1, -0.05) is 24.3 Å². The van der Waals surface area contributed by atoms with Gasteiger partial charge < -0.3 is 9.47 Å². The summed E-state index contributed by atoms with van der Waals surface area (Å²) in [5.74, 6) is 1.28. The predicted octanol–water partition coefficient (Wildman–Crippen LogP) is 6.26. The second-order valence-electron chi connectivity index (χ2n) is 6.33. The normalized spacial score (nSPS) is 11.2. The average molecular weight is 405 g/mol. The Labute approximate surface area is 170 Å². The third-order valence-corrected chi connectivity index (χ3v) is 6.90. The zero-order valence-corrected chi connectivity index (χ0v) is 16.9. The van der Waals surface area contributed by atoms with Gasteiger partial charge in [0.2, 0.25) is 11.8 Å². The van der Waals surface area contributed by atoms with Crippen molar-refractivity contribution in [2.75, 3.05) is 14.2 Å². The number of fused-ring (bicyclic) bond motifs is 2. The van der Waals surface area contributed by atoms with Gasteiger partial charge in [-0.05, 0) is 34.0 Å². The van der Waals surface area contributed by atoms with Gasteiger partial charge in [-0.3, -0.25) is 0 Å². The molecule has 0 N–H and O–H groups in total. The Balaban J connectivity index is 1.48. The summed E-state index contributed by atoms with van der Waals surface area (Å²) in [5.41, 5.74) is 2.40. The molecule has 4 aromatic heterocycles. The van der Waals surface area contributed by atoms with Crippen molar-refractivity contribution in [3.05, 3.63) is 60.9 Å². The van der Waals surface area contributed by atoms with Crippen molar-refractivity contribution in [1.82, 2.24) is 9.97 Å². The van der Waals surface area contributed by atoms with E-state index in [9.17, 15) is 0 Å². The molecule has 0 saturated carbocycles. The van der Waals surface area contributed by atoms with Gasteiger partial charge in [-0.2, -0.15) is 0 Å². The van der Waals surface area contributed by atoms with Gasteiger partial charge in [0.05, 0.1) is 23.6 Å². The molecule has 4 nitrogen and oxygen atoms in total. The lowest BCUT2D eigenvalue weighted by molar-refractivity contribution is 0.398. The smallest absolute Gasteiger partial charge is 0.213 e. The SMILES string of the molecule is COc1cc2cc(-c3ccc(-c4cc5cc(OC)ncc5s4)cc3)sc2cn1. The first-order chi connectivity index (χ1) is 13.7. The average Bonchev–Trinajstić information content (AvgIpc) is 3.36. The molecule has 0 fully saturated rings. The number of thiophene rings is 2. The Morgan fingerprint density at radius 1 is 0.643 bits per heavy atom. The fourth-order valence-corrected chi connectivity index (χ4v) is 5.19. The van der Waals surface area contributed by atoms with Crippen molar-refractivity contribution in [2.45, 2.75) is 0 Å². The van der Waals surface area contributed by atoms with Crippen molar-refractivity contribution in [1.29, 1.82) is 0 Å². The lowest BCUT2D eigenvalue weighted by atomic mass is 10.1. The van der Waals surface area contributed by atoms with E-state index in [1.165, 1.54) is 20.9 Å². The van der Waals surface area contributed by atoms with E-state index >= 15 is 0 Å². The van der Waals surface area contributed by atoms with Crippen LogP contribution in [0.2, 0.25) is 0 Å². The Kier molecular flexibility index (Phi) is 4.22. The highest BCUT2D eigenvalue weighted by Gasteiger charge is 2.09. The Hall–Kier alpha value is -2.96. The molecule has 28 heavy (non-hydrogen) atoms. The molecule has 1 aromatic carbocycles. The molecule has 4 heterocycles. The van der Waals surface area contributed by atoms with Crippen LogP contribution in [0.4, 0.5) is 0 Å². The minimum atomic E-state index is 0.642. The van der Waals surface area contributed by atoms with Crippen molar-refractivity contribution >= 4 is 42.8 Å². The molecule has 0 radical (unpaired) electrons. The largest absolute Gasteiger partial charge is 0.481 e. The molecule has 0 atom stereocenters. The molecule has 0 amide bonds. The predicted molar refractivity (Wildman–Crippen MR) is 117 cm³/mol. The fraction of sp³-hybridized carbons (Fsp3) is 0.0909. The molecule has 5 rings (SSSR count). The summed E-state index contributed by atoms with van der Waals surface area (Å²) in [6.07, 6.45) is 3.74. The first-order valence-corrected chi connectivity index (χ1v) is 10.3. The highest BCUT2D eigenvalue weighted by Crippen LogP contribution is 2.37. The van der Waals surface area contributed by atoms with Crippen LogP contribution in [-0.4, -0.2) is 24.2 Å². The number of hydrogen-bond donors (Lipinski definition) is 0. The number of aromatic nitrogens is 2. The van der Waals surface area contributed by atoms with Crippen LogP contribution in [0.25, 0.3) is 41.1 Å². The number of benzene rings is 1. The van der Waals surface area contributed by atoms with E-state index in [1.807, 2.05) is 24.5 Å².